The highest BCUT2D eigenvalue weighted by Gasteiger charge is 2.40. The van der Waals surface area contributed by atoms with Crippen LogP contribution in [0.4, 0.5) is 0 Å². The number of rotatable bonds is 5. The molecule has 2 saturated heterocycles. The van der Waals surface area contributed by atoms with E-state index in [9.17, 15) is 9.59 Å². The van der Waals surface area contributed by atoms with Gasteiger partial charge in [0.25, 0.3) is 12.4 Å². The molecule has 2 atom stereocenters. The fourth-order valence-electron chi connectivity index (χ4n) is 3.95. The minimum atomic E-state index is -0.685. The fourth-order valence-corrected chi connectivity index (χ4v) is 3.95. The molecule has 2 heterocycles. The number of ether oxygens (including phenoxy) is 1. The van der Waals surface area contributed by atoms with Crippen LogP contribution in [0.15, 0.2) is 24.3 Å². The van der Waals surface area contributed by atoms with Gasteiger partial charge in [0, 0.05) is 20.1 Å². The number of carbonyl (C=O) groups excluding carboxylic acids is 2. The Morgan fingerprint density at radius 3 is 2.57 bits per heavy atom. The van der Waals surface area contributed by atoms with E-state index < -0.39 is 12.1 Å². The first-order chi connectivity index (χ1) is 14.4. The summed E-state index contributed by atoms with van der Waals surface area (Å²) < 4.78 is 5.68. The number of benzene rings is 1. The second-order valence-electron chi connectivity index (χ2n) is 7.96. The number of nitrogens with one attached hydrogen (secondary N) is 1. The van der Waals surface area contributed by atoms with Crippen LogP contribution >= 0.6 is 0 Å². The number of amides is 2. The molecular weight excluding hydrogens is 386 g/mol. The van der Waals surface area contributed by atoms with Gasteiger partial charge in [0.2, 0.25) is 5.91 Å². The van der Waals surface area contributed by atoms with Gasteiger partial charge in [-0.1, -0.05) is 31.2 Å². The van der Waals surface area contributed by atoms with Crippen molar-refractivity contribution in [2.75, 3.05) is 39.8 Å². The number of likely N-dealkylation sites (N-methyl/N-ethyl adjacent to an activating group) is 1. The molecule has 2 aliphatic rings. The predicted molar refractivity (Wildman–Crippen MR) is 113 cm³/mol. The van der Waals surface area contributed by atoms with E-state index in [1.54, 1.807) is 11.9 Å². The summed E-state index contributed by atoms with van der Waals surface area (Å²) in [6, 6.07) is 7.45. The first-order valence-corrected chi connectivity index (χ1v) is 10.4. The van der Waals surface area contributed by atoms with Crippen LogP contribution in [0.25, 0.3) is 0 Å². The van der Waals surface area contributed by atoms with Crippen LogP contribution in [0, 0.1) is 12.8 Å². The van der Waals surface area contributed by atoms with E-state index in [2.05, 4.69) is 17.1 Å². The Balaban J connectivity index is 0.00000101. The highest BCUT2D eigenvalue weighted by atomic mass is 16.5. The van der Waals surface area contributed by atoms with Gasteiger partial charge in [-0.15, -0.1) is 0 Å². The van der Waals surface area contributed by atoms with Crippen LogP contribution in [0.1, 0.15) is 36.9 Å². The predicted octanol–water partition coefficient (Wildman–Crippen LogP) is 1.44. The molecule has 0 spiro atoms. The molecule has 2 amide bonds. The van der Waals surface area contributed by atoms with Gasteiger partial charge in [0.1, 0.15) is 6.61 Å². The number of nitrogens with zero attached hydrogens (tertiary/aromatic N) is 2. The Morgan fingerprint density at radius 2 is 1.93 bits per heavy atom. The quantitative estimate of drug-likeness (QED) is 0.701. The van der Waals surface area contributed by atoms with Gasteiger partial charge in [0.15, 0.2) is 6.10 Å². The van der Waals surface area contributed by atoms with Crippen LogP contribution in [-0.2, 0) is 19.1 Å². The monoisotopic (exact) mass is 419 g/mol. The number of hydrogen-bond acceptors (Lipinski definition) is 5. The van der Waals surface area contributed by atoms with E-state index >= 15 is 0 Å². The normalized spacial score (nSPS) is 22.8. The first kappa shape index (κ1) is 23.8. The molecule has 0 radical (unpaired) electrons. The van der Waals surface area contributed by atoms with Crippen molar-refractivity contribution in [3.8, 4) is 0 Å². The van der Waals surface area contributed by atoms with E-state index in [0.29, 0.717) is 6.54 Å². The number of morpholine rings is 1. The molecule has 0 bridgehead atoms. The number of carbonyl (C=O) groups is 3. The van der Waals surface area contributed by atoms with Gasteiger partial charge < -0.3 is 25.0 Å². The summed E-state index contributed by atoms with van der Waals surface area (Å²) in [5.74, 6) is 0.553. The molecule has 1 aromatic carbocycles. The van der Waals surface area contributed by atoms with Crippen molar-refractivity contribution < 1.29 is 24.2 Å². The van der Waals surface area contributed by atoms with E-state index in [1.165, 1.54) is 12.8 Å². The second-order valence-corrected chi connectivity index (χ2v) is 7.96. The fraction of sp³-hybridized carbons (Fsp3) is 0.591. The second kappa shape index (κ2) is 11.7. The number of aryl methyl sites for hydroxylation is 1. The zero-order valence-electron chi connectivity index (χ0n) is 18.0. The Hall–Kier alpha value is -2.45. The lowest BCUT2D eigenvalue weighted by Crippen LogP contribution is -2.53. The molecule has 166 valence electrons. The van der Waals surface area contributed by atoms with E-state index in [4.69, 9.17) is 14.6 Å². The zero-order valence-corrected chi connectivity index (χ0v) is 18.0. The molecule has 0 saturated carbocycles. The van der Waals surface area contributed by atoms with Crippen molar-refractivity contribution >= 4 is 18.3 Å². The Kier molecular flexibility index (Phi) is 9.26. The minimum Gasteiger partial charge on any atom is -0.483 e. The number of piperidine rings is 1. The summed E-state index contributed by atoms with van der Waals surface area (Å²) in [7, 11) is 1.75. The van der Waals surface area contributed by atoms with Crippen molar-refractivity contribution in [1.29, 1.82) is 0 Å². The molecule has 0 aliphatic carbocycles. The van der Waals surface area contributed by atoms with E-state index in [0.717, 1.165) is 36.7 Å². The molecule has 8 nitrogen and oxygen atoms in total. The van der Waals surface area contributed by atoms with Gasteiger partial charge >= 0.3 is 0 Å². The van der Waals surface area contributed by atoms with Crippen molar-refractivity contribution in [2.24, 2.45) is 5.92 Å². The summed E-state index contributed by atoms with van der Waals surface area (Å²) in [4.78, 5) is 37.4. The maximum absolute atomic E-state index is 12.8. The smallest absolute Gasteiger partial charge is 0.290 e. The van der Waals surface area contributed by atoms with Gasteiger partial charge in [0.05, 0.1) is 6.04 Å². The lowest BCUT2D eigenvalue weighted by atomic mass is 9.94. The van der Waals surface area contributed by atoms with Crippen LogP contribution < -0.4 is 5.32 Å². The summed E-state index contributed by atoms with van der Waals surface area (Å²) in [6.45, 7) is 7.64. The van der Waals surface area contributed by atoms with Gasteiger partial charge in [-0.2, -0.15) is 0 Å². The summed E-state index contributed by atoms with van der Waals surface area (Å²) in [5.41, 5.74) is 2.01. The van der Waals surface area contributed by atoms with E-state index in [1.807, 2.05) is 31.2 Å². The molecular formula is C22H33N3O5. The lowest BCUT2D eigenvalue weighted by Gasteiger charge is -2.39. The maximum Gasteiger partial charge on any atom is 0.290 e. The molecule has 2 aliphatic heterocycles. The number of likely N-dealkylation sites (tertiary alicyclic amines) is 1. The van der Waals surface area contributed by atoms with Gasteiger partial charge in [-0.25, -0.2) is 0 Å². The largest absolute Gasteiger partial charge is 0.483 e. The summed E-state index contributed by atoms with van der Waals surface area (Å²) in [6.07, 6.45) is 1.76. The third-order valence-corrected chi connectivity index (χ3v) is 5.85. The molecule has 1 aromatic rings. The molecule has 2 N–H and O–H groups in total. The van der Waals surface area contributed by atoms with Crippen molar-refractivity contribution in [2.45, 2.75) is 38.8 Å². The summed E-state index contributed by atoms with van der Waals surface area (Å²) >= 11 is 0. The third kappa shape index (κ3) is 6.27. The van der Waals surface area contributed by atoms with Gasteiger partial charge in [-0.3, -0.25) is 14.4 Å². The molecule has 30 heavy (non-hydrogen) atoms. The van der Waals surface area contributed by atoms with Crippen LogP contribution in [0.3, 0.4) is 0 Å². The van der Waals surface area contributed by atoms with Crippen molar-refractivity contribution in [1.82, 2.24) is 15.1 Å². The SMILES string of the molecule is Cc1ccccc1[C@@H]1[C@@H](C(=O)NCCN2CCC(C)CC2)OCC(=O)N1C.O=CO. The first-order valence-electron chi connectivity index (χ1n) is 10.4. The van der Waals surface area contributed by atoms with Crippen LogP contribution in [0.5, 0.6) is 0 Å². The average molecular weight is 420 g/mol. The maximum atomic E-state index is 12.8. The third-order valence-electron chi connectivity index (χ3n) is 5.85. The number of carboxylic acid groups (broad SMARTS) is 1. The topological polar surface area (TPSA) is 99.2 Å². The highest BCUT2D eigenvalue weighted by Crippen LogP contribution is 2.31. The molecule has 0 aromatic heterocycles. The van der Waals surface area contributed by atoms with Gasteiger partial charge in [-0.05, 0) is 49.9 Å². The Labute approximate surface area is 178 Å². The van der Waals surface area contributed by atoms with Crippen molar-refractivity contribution in [3.63, 3.8) is 0 Å². The summed E-state index contributed by atoms with van der Waals surface area (Å²) in [5, 5.41) is 9.91. The van der Waals surface area contributed by atoms with Crippen LogP contribution in [-0.4, -0.2) is 79.1 Å². The zero-order chi connectivity index (χ0) is 22.1. The van der Waals surface area contributed by atoms with Crippen LogP contribution in [0.2, 0.25) is 0 Å². The van der Waals surface area contributed by atoms with E-state index in [-0.39, 0.29) is 24.9 Å². The Morgan fingerprint density at radius 1 is 1.30 bits per heavy atom. The highest BCUT2D eigenvalue weighted by molar-refractivity contribution is 5.86. The standard InChI is InChI=1S/C21H31N3O3.CH2O2/c1-15-8-11-24(12-9-15)13-10-22-21(26)20-19(23(3)18(25)14-27-20)17-7-5-4-6-16(17)2;2-1-3/h4-7,15,19-20H,8-14H2,1-3H3,(H,22,26);1H,(H,2,3)/t19-,20+;/m1./s1. The number of hydrogen-bond donors (Lipinski definition) is 2. The van der Waals surface area contributed by atoms with Crippen molar-refractivity contribution in [3.05, 3.63) is 35.4 Å². The Bertz CT molecular complexity index is 718. The molecule has 0 unspecified atom stereocenters. The minimum absolute atomic E-state index is 0.0546. The average Bonchev–Trinajstić information content (AvgIpc) is 2.72. The lowest BCUT2D eigenvalue weighted by molar-refractivity contribution is -0.162. The molecule has 8 heteroatoms. The molecule has 2 fully saturated rings. The molecule has 3 rings (SSSR count).